The average molecular weight is 205 g/mol. The molecular weight excluding hydrogens is 194 g/mol. The van der Waals surface area contributed by atoms with Crippen molar-refractivity contribution in [2.75, 3.05) is 7.11 Å². The zero-order valence-corrected chi connectivity index (χ0v) is 8.34. The zero-order chi connectivity index (χ0) is 11.1. The number of hydrogen-bond acceptors (Lipinski definition) is 4. The number of rotatable bonds is 4. The maximum absolute atomic E-state index is 10.8. The minimum Gasteiger partial charge on any atom is -0.469 e. The van der Waals surface area contributed by atoms with E-state index in [1.54, 1.807) is 30.6 Å². The van der Waals surface area contributed by atoms with Gasteiger partial charge in [-0.2, -0.15) is 0 Å². The first-order valence-electron chi connectivity index (χ1n) is 4.40. The highest BCUT2D eigenvalue weighted by Crippen LogP contribution is 2.06. The van der Waals surface area contributed by atoms with Gasteiger partial charge in [0.15, 0.2) is 6.29 Å². The van der Waals surface area contributed by atoms with Gasteiger partial charge in [-0.1, -0.05) is 12.2 Å². The molecule has 1 aromatic rings. The summed E-state index contributed by atoms with van der Waals surface area (Å²) >= 11 is 0. The first-order valence-corrected chi connectivity index (χ1v) is 4.40. The van der Waals surface area contributed by atoms with Gasteiger partial charge in [-0.25, -0.2) is 0 Å². The van der Waals surface area contributed by atoms with Gasteiger partial charge in [-0.3, -0.25) is 14.6 Å². The van der Waals surface area contributed by atoms with E-state index in [1.165, 1.54) is 7.11 Å². The van der Waals surface area contributed by atoms with Gasteiger partial charge in [-0.15, -0.1) is 0 Å². The number of aldehydes is 1. The van der Waals surface area contributed by atoms with Crippen molar-refractivity contribution < 1.29 is 14.3 Å². The fourth-order valence-electron chi connectivity index (χ4n) is 1.03. The monoisotopic (exact) mass is 205 g/mol. The van der Waals surface area contributed by atoms with Gasteiger partial charge in [0, 0.05) is 23.5 Å². The standard InChI is InChI=1S/C11H11NO3/c1-15-11(14)4-2-3-9-7-12-6-5-10(9)8-13/h2-3,5-8H,4H2,1H3. The molecular formula is C11H11NO3. The summed E-state index contributed by atoms with van der Waals surface area (Å²) < 4.78 is 4.47. The summed E-state index contributed by atoms with van der Waals surface area (Å²) in [5.74, 6) is -0.317. The Morgan fingerprint density at radius 1 is 1.53 bits per heavy atom. The first kappa shape index (κ1) is 11.1. The summed E-state index contributed by atoms with van der Waals surface area (Å²) in [6.07, 6.45) is 7.35. The Kier molecular flexibility index (Phi) is 4.22. The molecule has 1 rings (SSSR count). The van der Waals surface area contributed by atoms with E-state index in [9.17, 15) is 9.59 Å². The molecule has 78 valence electrons. The van der Waals surface area contributed by atoms with Crippen LogP contribution in [0.2, 0.25) is 0 Å². The summed E-state index contributed by atoms with van der Waals surface area (Å²) in [7, 11) is 1.33. The minimum absolute atomic E-state index is 0.184. The van der Waals surface area contributed by atoms with Crippen LogP contribution in [0, 0.1) is 0 Å². The largest absolute Gasteiger partial charge is 0.469 e. The van der Waals surface area contributed by atoms with Crippen LogP contribution in [0.15, 0.2) is 24.5 Å². The molecule has 0 saturated carbocycles. The molecule has 0 amide bonds. The molecule has 0 bridgehead atoms. The maximum atomic E-state index is 10.8. The van der Waals surface area contributed by atoms with Crippen LogP contribution in [0.5, 0.6) is 0 Å². The molecule has 0 aliphatic carbocycles. The lowest BCUT2D eigenvalue weighted by atomic mass is 10.1. The Morgan fingerprint density at radius 3 is 3.00 bits per heavy atom. The van der Waals surface area contributed by atoms with Crippen LogP contribution >= 0.6 is 0 Å². The van der Waals surface area contributed by atoms with Crippen molar-refractivity contribution in [3.63, 3.8) is 0 Å². The number of esters is 1. The quantitative estimate of drug-likeness (QED) is 0.551. The van der Waals surface area contributed by atoms with E-state index in [0.29, 0.717) is 11.1 Å². The molecule has 1 aromatic heterocycles. The molecule has 0 radical (unpaired) electrons. The summed E-state index contributed by atoms with van der Waals surface area (Å²) in [5.41, 5.74) is 1.24. The molecule has 15 heavy (non-hydrogen) atoms. The number of ether oxygens (including phenoxy) is 1. The van der Waals surface area contributed by atoms with Crippen LogP contribution in [-0.4, -0.2) is 24.3 Å². The van der Waals surface area contributed by atoms with Crippen molar-refractivity contribution in [2.45, 2.75) is 6.42 Å². The van der Waals surface area contributed by atoms with E-state index < -0.39 is 0 Å². The minimum atomic E-state index is -0.317. The fraction of sp³-hybridized carbons (Fsp3) is 0.182. The number of nitrogens with zero attached hydrogens (tertiary/aromatic N) is 1. The average Bonchev–Trinajstić information content (AvgIpc) is 2.29. The third-order valence-corrected chi connectivity index (χ3v) is 1.82. The molecule has 0 atom stereocenters. The normalized spacial score (nSPS) is 10.2. The lowest BCUT2D eigenvalue weighted by Gasteiger charge is -1.96. The fourth-order valence-corrected chi connectivity index (χ4v) is 1.03. The highest BCUT2D eigenvalue weighted by molar-refractivity contribution is 5.82. The van der Waals surface area contributed by atoms with Gasteiger partial charge >= 0.3 is 5.97 Å². The zero-order valence-electron chi connectivity index (χ0n) is 8.34. The molecule has 4 nitrogen and oxygen atoms in total. The summed E-state index contributed by atoms with van der Waals surface area (Å²) in [6, 6.07) is 1.62. The van der Waals surface area contributed by atoms with Crippen LogP contribution in [0.3, 0.4) is 0 Å². The Hall–Kier alpha value is -1.97. The van der Waals surface area contributed by atoms with Gasteiger partial charge < -0.3 is 4.74 Å². The Labute approximate surface area is 87.6 Å². The van der Waals surface area contributed by atoms with Crippen molar-refractivity contribution >= 4 is 18.3 Å². The lowest BCUT2D eigenvalue weighted by Crippen LogP contribution is -1.96. The van der Waals surface area contributed by atoms with E-state index in [2.05, 4.69) is 9.72 Å². The van der Waals surface area contributed by atoms with Crippen LogP contribution in [0.4, 0.5) is 0 Å². The predicted molar refractivity (Wildman–Crippen MR) is 55.3 cm³/mol. The summed E-state index contributed by atoms with van der Waals surface area (Å²) in [6.45, 7) is 0. The molecule has 0 unspecified atom stereocenters. The molecule has 0 fully saturated rings. The Bertz CT molecular complexity index is 385. The van der Waals surface area contributed by atoms with Gasteiger partial charge in [0.25, 0.3) is 0 Å². The highest BCUT2D eigenvalue weighted by atomic mass is 16.5. The number of methoxy groups -OCH3 is 1. The van der Waals surface area contributed by atoms with Crippen LogP contribution < -0.4 is 0 Å². The lowest BCUT2D eigenvalue weighted by molar-refractivity contribution is -0.139. The maximum Gasteiger partial charge on any atom is 0.309 e. The van der Waals surface area contributed by atoms with E-state index >= 15 is 0 Å². The van der Waals surface area contributed by atoms with Crippen LogP contribution in [-0.2, 0) is 9.53 Å². The first-order chi connectivity index (χ1) is 7.27. The Morgan fingerprint density at radius 2 is 2.33 bits per heavy atom. The second kappa shape index (κ2) is 5.70. The van der Waals surface area contributed by atoms with E-state index in [0.717, 1.165) is 6.29 Å². The number of hydrogen-bond donors (Lipinski definition) is 0. The number of carbonyl (C=O) groups excluding carboxylic acids is 2. The Balaban J connectivity index is 2.71. The molecule has 0 aromatic carbocycles. The number of aromatic nitrogens is 1. The number of pyridine rings is 1. The molecule has 0 aliphatic heterocycles. The summed E-state index contributed by atoms with van der Waals surface area (Å²) in [5, 5.41) is 0. The van der Waals surface area contributed by atoms with Crippen molar-refractivity contribution in [3.8, 4) is 0 Å². The van der Waals surface area contributed by atoms with Gasteiger partial charge in [-0.05, 0) is 6.07 Å². The van der Waals surface area contributed by atoms with E-state index in [-0.39, 0.29) is 12.4 Å². The van der Waals surface area contributed by atoms with Crippen molar-refractivity contribution in [3.05, 3.63) is 35.7 Å². The van der Waals surface area contributed by atoms with Gasteiger partial charge in [0.05, 0.1) is 13.5 Å². The smallest absolute Gasteiger partial charge is 0.309 e. The molecule has 4 heteroatoms. The van der Waals surface area contributed by atoms with Crippen molar-refractivity contribution in [1.29, 1.82) is 0 Å². The van der Waals surface area contributed by atoms with E-state index in [1.807, 2.05) is 0 Å². The van der Waals surface area contributed by atoms with Crippen molar-refractivity contribution in [1.82, 2.24) is 4.98 Å². The second-order valence-corrected chi connectivity index (χ2v) is 2.81. The summed E-state index contributed by atoms with van der Waals surface area (Å²) in [4.78, 5) is 25.3. The van der Waals surface area contributed by atoms with Crippen LogP contribution in [0.1, 0.15) is 22.3 Å². The molecule has 0 aliphatic rings. The van der Waals surface area contributed by atoms with Gasteiger partial charge in [0.1, 0.15) is 0 Å². The molecule has 0 saturated heterocycles. The number of carbonyl (C=O) groups is 2. The molecule has 1 heterocycles. The van der Waals surface area contributed by atoms with Crippen molar-refractivity contribution in [2.24, 2.45) is 0 Å². The SMILES string of the molecule is COC(=O)CC=Cc1cnccc1C=O. The molecule has 0 N–H and O–H groups in total. The highest BCUT2D eigenvalue weighted by Gasteiger charge is 1.98. The molecule has 0 spiro atoms. The predicted octanol–water partition coefficient (Wildman–Crippen LogP) is 1.47. The van der Waals surface area contributed by atoms with Crippen LogP contribution in [0.25, 0.3) is 6.08 Å². The second-order valence-electron chi connectivity index (χ2n) is 2.81. The topological polar surface area (TPSA) is 56.3 Å². The van der Waals surface area contributed by atoms with E-state index in [4.69, 9.17) is 0 Å². The third kappa shape index (κ3) is 3.34. The third-order valence-electron chi connectivity index (χ3n) is 1.82. The van der Waals surface area contributed by atoms with Gasteiger partial charge in [0.2, 0.25) is 0 Å².